The second kappa shape index (κ2) is 6.15. The van der Waals surface area contributed by atoms with E-state index in [1.807, 2.05) is 0 Å². The molecule has 1 aliphatic heterocycles. The molecular formula is C19H23F2N5O. The molecule has 0 unspecified atom stereocenters. The third-order valence-electron chi connectivity index (χ3n) is 6.09. The zero-order valence-corrected chi connectivity index (χ0v) is 15.2. The van der Waals surface area contributed by atoms with Crippen molar-refractivity contribution in [1.82, 2.24) is 19.4 Å². The molecule has 6 nitrogen and oxygen atoms in total. The smallest absolute Gasteiger partial charge is 0.387 e. The van der Waals surface area contributed by atoms with Gasteiger partial charge in [-0.3, -0.25) is 0 Å². The minimum absolute atomic E-state index is 0.0442. The predicted molar refractivity (Wildman–Crippen MR) is 96.6 cm³/mol. The molecule has 3 heterocycles. The molecule has 27 heavy (non-hydrogen) atoms. The van der Waals surface area contributed by atoms with Crippen LogP contribution in [0.15, 0.2) is 18.5 Å². The third-order valence-corrected chi connectivity index (χ3v) is 6.09. The summed E-state index contributed by atoms with van der Waals surface area (Å²) in [6.45, 7) is 2.68. The average molecular weight is 375 g/mol. The van der Waals surface area contributed by atoms with E-state index >= 15 is 0 Å². The molecule has 8 heteroatoms. The Kier molecular flexibility index (Phi) is 3.86. The summed E-state index contributed by atoms with van der Waals surface area (Å²) in [6, 6.07) is 2.02. The van der Waals surface area contributed by atoms with Gasteiger partial charge in [0.1, 0.15) is 5.82 Å². The number of nitrogens with zero attached hydrogens (tertiary/aromatic N) is 4. The number of piperidine rings is 1. The summed E-state index contributed by atoms with van der Waals surface area (Å²) in [7, 11) is 0. The highest BCUT2D eigenvalue weighted by atomic mass is 19.3. The lowest BCUT2D eigenvalue weighted by molar-refractivity contribution is -0.0494. The van der Waals surface area contributed by atoms with Crippen LogP contribution in [0.3, 0.4) is 0 Å². The highest BCUT2D eigenvalue weighted by Gasteiger charge is 2.57. The highest BCUT2D eigenvalue weighted by Crippen LogP contribution is 2.57. The maximum atomic E-state index is 12.6. The second-order valence-corrected chi connectivity index (χ2v) is 7.82. The zero-order chi connectivity index (χ0) is 18.7. The number of hydrogen-bond donors (Lipinski definition) is 1. The number of halogens is 2. The molecule has 3 fully saturated rings. The summed E-state index contributed by atoms with van der Waals surface area (Å²) < 4.78 is 32.0. The lowest BCUT2D eigenvalue weighted by Crippen LogP contribution is -2.24. The topological polar surface area (TPSA) is 69.2 Å². The van der Waals surface area contributed by atoms with Crippen LogP contribution in [0.2, 0.25) is 0 Å². The van der Waals surface area contributed by atoms with Crippen LogP contribution in [0.5, 0.6) is 5.75 Å². The monoisotopic (exact) mass is 375 g/mol. The molecule has 3 atom stereocenters. The van der Waals surface area contributed by atoms with E-state index in [4.69, 9.17) is 10.7 Å². The van der Waals surface area contributed by atoms with E-state index in [9.17, 15) is 8.78 Å². The summed E-state index contributed by atoms with van der Waals surface area (Å²) in [4.78, 5) is 11.4. The number of hydrogen-bond acceptors (Lipinski definition) is 5. The van der Waals surface area contributed by atoms with Crippen LogP contribution in [0.4, 0.5) is 14.6 Å². The third kappa shape index (κ3) is 2.96. The number of ether oxygens (including phenoxy) is 1. The maximum Gasteiger partial charge on any atom is 0.387 e. The minimum atomic E-state index is -2.93. The van der Waals surface area contributed by atoms with Crippen LogP contribution in [0.25, 0.3) is 11.3 Å². The molecule has 0 amide bonds. The first-order chi connectivity index (χ1) is 13.0. The number of nitrogen functional groups attached to an aromatic ring is 1. The van der Waals surface area contributed by atoms with Crippen LogP contribution in [-0.4, -0.2) is 45.7 Å². The molecule has 2 saturated carbocycles. The molecule has 2 aliphatic carbocycles. The number of fused-ring (bicyclic) bond motifs is 1. The van der Waals surface area contributed by atoms with Gasteiger partial charge in [-0.2, -0.15) is 8.78 Å². The van der Waals surface area contributed by atoms with Crippen molar-refractivity contribution in [3.05, 3.63) is 24.3 Å². The SMILES string of the molecule is CCN1C[C@@H]2[C@H](C1)[C@H]2n1cc(-c2cnc(N)c(OC(F)F)c2)nc1C1CC1. The number of anilines is 1. The average Bonchev–Trinajstić information content (AvgIpc) is 3.51. The number of pyridine rings is 1. The van der Waals surface area contributed by atoms with E-state index in [1.54, 1.807) is 6.20 Å². The molecule has 2 N–H and O–H groups in total. The molecule has 2 aromatic rings. The highest BCUT2D eigenvalue weighted by molar-refractivity contribution is 5.64. The molecule has 0 bridgehead atoms. The molecule has 5 rings (SSSR count). The quantitative estimate of drug-likeness (QED) is 0.840. The number of nitrogens with two attached hydrogens (primary N) is 1. The van der Waals surface area contributed by atoms with Crippen molar-refractivity contribution >= 4 is 5.82 Å². The van der Waals surface area contributed by atoms with Gasteiger partial charge in [0.2, 0.25) is 0 Å². The van der Waals surface area contributed by atoms with Crippen molar-refractivity contribution in [3.63, 3.8) is 0 Å². The van der Waals surface area contributed by atoms with Gasteiger partial charge in [0.15, 0.2) is 11.6 Å². The lowest BCUT2D eigenvalue weighted by atomic mass is 10.2. The fraction of sp³-hybridized carbons (Fsp3) is 0.579. The van der Waals surface area contributed by atoms with E-state index < -0.39 is 6.61 Å². The van der Waals surface area contributed by atoms with Crippen molar-refractivity contribution in [2.45, 2.75) is 38.3 Å². The molecule has 2 aromatic heterocycles. The van der Waals surface area contributed by atoms with E-state index in [1.165, 1.54) is 18.9 Å². The van der Waals surface area contributed by atoms with Gasteiger partial charge in [-0.1, -0.05) is 6.92 Å². The molecule has 144 valence electrons. The van der Waals surface area contributed by atoms with Crippen molar-refractivity contribution in [1.29, 1.82) is 0 Å². The normalized spacial score (nSPS) is 27.2. The van der Waals surface area contributed by atoms with E-state index in [2.05, 4.69) is 32.3 Å². The Balaban J connectivity index is 1.45. The van der Waals surface area contributed by atoms with Gasteiger partial charge in [0, 0.05) is 43.0 Å². The van der Waals surface area contributed by atoms with Crippen LogP contribution < -0.4 is 10.5 Å². The Hall–Kier alpha value is -2.22. The molecule has 1 saturated heterocycles. The van der Waals surface area contributed by atoms with Crippen LogP contribution >= 0.6 is 0 Å². The van der Waals surface area contributed by atoms with E-state index in [-0.39, 0.29) is 11.6 Å². The molecule has 0 radical (unpaired) electrons. The number of aromatic nitrogens is 3. The first kappa shape index (κ1) is 16.9. The van der Waals surface area contributed by atoms with E-state index in [0.29, 0.717) is 29.4 Å². The predicted octanol–water partition coefficient (Wildman–Crippen LogP) is 3.13. The fourth-order valence-electron chi connectivity index (χ4n) is 4.47. The Bertz CT molecular complexity index is 854. The number of imidazole rings is 1. The van der Waals surface area contributed by atoms with Crippen LogP contribution in [-0.2, 0) is 0 Å². The lowest BCUT2D eigenvalue weighted by Gasteiger charge is -2.18. The second-order valence-electron chi connectivity index (χ2n) is 7.82. The molecular weight excluding hydrogens is 352 g/mol. The Labute approximate surface area is 156 Å². The van der Waals surface area contributed by atoms with Crippen LogP contribution in [0.1, 0.15) is 37.5 Å². The van der Waals surface area contributed by atoms with Gasteiger partial charge in [-0.25, -0.2) is 9.97 Å². The summed E-state index contributed by atoms with van der Waals surface area (Å²) in [5.74, 6) is 2.89. The van der Waals surface area contributed by atoms with Gasteiger partial charge < -0.3 is 19.9 Å². The van der Waals surface area contributed by atoms with Gasteiger partial charge in [-0.05, 0) is 37.3 Å². The Morgan fingerprint density at radius 3 is 2.67 bits per heavy atom. The number of alkyl halides is 2. The largest absolute Gasteiger partial charge is 0.431 e. The summed E-state index contributed by atoms with van der Waals surface area (Å²) >= 11 is 0. The van der Waals surface area contributed by atoms with Crippen LogP contribution in [0, 0.1) is 11.8 Å². The minimum Gasteiger partial charge on any atom is -0.431 e. The maximum absolute atomic E-state index is 12.6. The zero-order valence-electron chi connectivity index (χ0n) is 15.2. The number of likely N-dealkylation sites (tertiary alicyclic amines) is 1. The van der Waals surface area contributed by atoms with Crippen molar-refractivity contribution in [3.8, 4) is 17.0 Å². The first-order valence-corrected chi connectivity index (χ1v) is 9.57. The summed E-state index contributed by atoms with van der Waals surface area (Å²) in [6.07, 6.45) is 5.97. The molecule has 0 spiro atoms. The van der Waals surface area contributed by atoms with Gasteiger partial charge in [0.05, 0.1) is 5.69 Å². The standard InChI is InChI=1S/C19H23F2N5O/c1-2-25-7-12-13(8-25)16(12)26-9-14(24-18(26)10-3-4-10)11-5-15(27-19(20)21)17(22)23-6-11/h5-6,9-10,12-13,16,19H,2-4,7-8H2,1H3,(H2,22,23)/t12-,13+,16+. The Morgan fingerprint density at radius 2 is 2.04 bits per heavy atom. The summed E-state index contributed by atoms with van der Waals surface area (Å²) in [5.41, 5.74) is 7.06. The van der Waals surface area contributed by atoms with Gasteiger partial charge >= 0.3 is 6.61 Å². The van der Waals surface area contributed by atoms with Crippen molar-refractivity contribution < 1.29 is 13.5 Å². The van der Waals surface area contributed by atoms with Gasteiger partial charge in [-0.15, -0.1) is 0 Å². The summed E-state index contributed by atoms with van der Waals surface area (Å²) in [5, 5.41) is 0. The first-order valence-electron chi connectivity index (χ1n) is 9.57. The van der Waals surface area contributed by atoms with Gasteiger partial charge in [0.25, 0.3) is 0 Å². The fourth-order valence-corrected chi connectivity index (χ4v) is 4.47. The van der Waals surface area contributed by atoms with Crippen molar-refractivity contribution in [2.75, 3.05) is 25.4 Å². The molecule has 0 aromatic carbocycles. The Morgan fingerprint density at radius 1 is 1.30 bits per heavy atom. The van der Waals surface area contributed by atoms with Crippen molar-refractivity contribution in [2.24, 2.45) is 11.8 Å². The molecule has 3 aliphatic rings. The number of rotatable bonds is 6. The van der Waals surface area contributed by atoms with E-state index in [0.717, 1.165) is 31.2 Å².